The first kappa shape index (κ1) is 15.4. The Labute approximate surface area is 124 Å². The summed E-state index contributed by atoms with van der Waals surface area (Å²) in [6, 6.07) is 3.81. The predicted octanol–water partition coefficient (Wildman–Crippen LogP) is 0.220. The van der Waals surface area contributed by atoms with Gasteiger partial charge in [-0.25, -0.2) is 4.79 Å². The Kier molecular flexibility index (Phi) is 4.06. The van der Waals surface area contributed by atoms with Gasteiger partial charge in [-0.1, -0.05) is 6.07 Å². The second-order valence-corrected chi connectivity index (χ2v) is 4.73. The van der Waals surface area contributed by atoms with Crippen LogP contribution in [0.1, 0.15) is 16.8 Å². The molecule has 0 spiro atoms. The number of carbonyl (C=O) groups is 3. The second-order valence-electron chi connectivity index (χ2n) is 4.73. The van der Waals surface area contributed by atoms with Crippen LogP contribution in [-0.2, 0) is 14.3 Å². The number of benzene rings is 1. The molecule has 1 heterocycles. The number of nitrogens with two attached hydrogens (primary N) is 1. The van der Waals surface area contributed by atoms with Crippen molar-refractivity contribution in [2.45, 2.75) is 6.42 Å². The van der Waals surface area contributed by atoms with E-state index in [2.05, 4.69) is 4.74 Å². The van der Waals surface area contributed by atoms with E-state index in [1.165, 1.54) is 18.2 Å². The molecule has 1 aliphatic rings. The van der Waals surface area contributed by atoms with Crippen molar-refractivity contribution in [3.05, 3.63) is 33.9 Å². The van der Waals surface area contributed by atoms with E-state index in [0.29, 0.717) is 0 Å². The van der Waals surface area contributed by atoms with Gasteiger partial charge in [-0.3, -0.25) is 19.7 Å². The molecule has 1 unspecified atom stereocenters. The molecule has 116 valence electrons. The summed E-state index contributed by atoms with van der Waals surface area (Å²) in [4.78, 5) is 46.6. The van der Waals surface area contributed by atoms with Gasteiger partial charge in [0.2, 0.25) is 11.8 Å². The lowest BCUT2D eigenvalue weighted by molar-refractivity contribution is -0.384. The number of amides is 2. The Bertz CT molecular complexity index is 672. The lowest BCUT2D eigenvalue weighted by Crippen LogP contribution is -2.30. The van der Waals surface area contributed by atoms with Gasteiger partial charge in [-0.05, 0) is 6.07 Å². The summed E-state index contributed by atoms with van der Waals surface area (Å²) < 4.78 is 4.59. The standard InChI is InChI=1S/C13H13N3O6/c1-22-13(19)8-3-2-4-9(16(20)21)11(8)15-6-7(12(14)18)5-10(15)17/h2-4,7H,5-6H2,1H3,(H2,14,18). The average Bonchev–Trinajstić information content (AvgIpc) is 2.87. The van der Waals surface area contributed by atoms with Crippen molar-refractivity contribution in [1.82, 2.24) is 0 Å². The molecule has 1 aromatic rings. The molecule has 22 heavy (non-hydrogen) atoms. The number of para-hydroxylation sites is 1. The van der Waals surface area contributed by atoms with Crippen LogP contribution in [-0.4, -0.2) is 36.4 Å². The summed E-state index contributed by atoms with van der Waals surface area (Å²) in [5, 5.41) is 11.2. The maximum atomic E-state index is 12.1. The van der Waals surface area contributed by atoms with E-state index < -0.39 is 34.3 Å². The SMILES string of the molecule is COC(=O)c1cccc([N+](=O)[O-])c1N1CC(C(N)=O)CC1=O. The summed E-state index contributed by atoms with van der Waals surface area (Å²) in [7, 11) is 1.13. The highest BCUT2D eigenvalue weighted by Crippen LogP contribution is 2.36. The zero-order chi connectivity index (χ0) is 16.4. The van der Waals surface area contributed by atoms with Crippen LogP contribution in [0.4, 0.5) is 11.4 Å². The monoisotopic (exact) mass is 307 g/mol. The molecule has 1 aliphatic heterocycles. The fourth-order valence-electron chi connectivity index (χ4n) is 2.35. The van der Waals surface area contributed by atoms with Gasteiger partial charge in [-0.15, -0.1) is 0 Å². The minimum atomic E-state index is -0.811. The zero-order valence-electron chi connectivity index (χ0n) is 11.6. The van der Waals surface area contributed by atoms with Crippen molar-refractivity contribution in [2.75, 3.05) is 18.6 Å². The van der Waals surface area contributed by atoms with Crippen LogP contribution >= 0.6 is 0 Å². The molecular formula is C13H13N3O6. The number of rotatable bonds is 4. The van der Waals surface area contributed by atoms with Crippen LogP contribution < -0.4 is 10.6 Å². The molecule has 2 amide bonds. The highest BCUT2D eigenvalue weighted by atomic mass is 16.6. The highest BCUT2D eigenvalue weighted by Gasteiger charge is 2.39. The first-order chi connectivity index (χ1) is 10.4. The van der Waals surface area contributed by atoms with Crippen molar-refractivity contribution < 1.29 is 24.0 Å². The third-order valence-corrected chi connectivity index (χ3v) is 3.41. The number of carbonyl (C=O) groups excluding carboxylic acids is 3. The van der Waals surface area contributed by atoms with Crippen LogP contribution in [0.3, 0.4) is 0 Å². The molecule has 1 atom stereocenters. The van der Waals surface area contributed by atoms with Gasteiger partial charge in [0.15, 0.2) is 0 Å². The molecule has 0 aromatic heterocycles. The van der Waals surface area contributed by atoms with E-state index in [9.17, 15) is 24.5 Å². The summed E-state index contributed by atoms with van der Waals surface area (Å²) in [5.41, 5.74) is 4.47. The van der Waals surface area contributed by atoms with E-state index in [4.69, 9.17) is 5.73 Å². The summed E-state index contributed by atoms with van der Waals surface area (Å²) >= 11 is 0. The summed E-state index contributed by atoms with van der Waals surface area (Å²) in [6.07, 6.45) is -0.151. The van der Waals surface area contributed by atoms with Crippen molar-refractivity contribution in [3.63, 3.8) is 0 Å². The van der Waals surface area contributed by atoms with Crippen molar-refractivity contribution in [1.29, 1.82) is 0 Å². The number of anilines is 1. The van der Waals surface area contributed by atoms with Crippen molar-refractivity contribution >= 4 is 29.2 Å². The van der Waals surface area contributed by atoms with Gasteiger partial charge in [0.25, 0.3) is 5.69 Å². The fraction of sp³-hybridized carbons (Fsp3) is 0.308. The third kappa shape index (κ3) is 2.60. The summed E-state index contributed by atoms with van der Waals surface area (Å²) in [6.45, 7) is -0.108. The molecule has 1 saturated heterocycles. The van der Waals surface area contributed by atoms with Crippen LogP contribution in [0, 0.1) is 16.0 Å². The molecule has 0 radical (unpaired) electrons. The predicted molar refractivity (Wildman–Crippen MR) is 74.1 cm³/mol. The van der Waals surface area contributed by atoms with Crippen molar-refractivity contribution in [2.24, 2.45) is 11.7 Å². The second kappa shape index (κ2) is 5.80. The molecule has 0 saturated carbocycles. The van der Waals surface area contributed by atoms with Crippen LogP contribution in [0.5, 0.6) is 0 Å². The number of hydrogen-bond donors (Lipinski definition) is 1. The fourth-order valence-corrected chi connectivity index (χ4v) is 2.35. The average molecular weight is 307 g/mol. The van der Waals surface area contributed by atoms with Crippen LogP contribution in [0.15, 0.2) is 18.2 Å². The number of ether oxygens (including phenoxy) is 1. The van der Waals surface area contributed by atoms with Gasteiger partial charge in [0.1, 0.15) is 5.69 Å². The molecule has 0 bridgehead atoms. The van der Waals surface area contributed by atoms with E-state index in [0.717, 1.165) is 12.0 Å². The van der Waals surface area contributed by atoms with Gasteiger partial charge < -0.3 is 15.4 Å². The van der Waals surface area contributed by atoms with Crippen LogP contribution in [0.25, 0.3) is 0 Å². The molecule has 0 aliphatic carbocycles. The van der Waals surface area contributed by atoms with E-state index in [1.807, 2.05) is 0 Å². The molecule has 9 heteroatoms. The van der Waals surface area contributed by atoms with E-state index in [-0.39, 0.29) is 24.2 Å². The maximum absolute atomic E-state index is 12.1. The Morgan fingerprint density at radius 3 is 2.64 bits per heavy atom. The van der Waals surface area contributed by atoms with Gasteiger partial charge >= 0.3 is 5.97 Å². The zero-order valence-corrected chi connectivity index (χ0v) is 11.6. The number of nitro benzene ring substituents is 1. The molecule has 1 aromatic carbocycles. The minimum absolute atomic E-state index is 0.108. The van der Waals surface area contributed by atoms with Crippen molar-refractivity contribution in [3.8, 4) is 0 Å². The van der Waals surface area contributed by atoms with E-state index in [1.54, 1.807) is 0 Å². The Morgan fingerprint density at radius 1 is 1.45 bits per heavy atom. The lowest BCUT2D eigenvalue weighted by atomic mass is 10.1. The number of hydrogen-bond acceptors (Lipinski definition) is 6. The molecule has 2 N–H and O–H groups in total. The first-order valence-electron chi connectivity index (χ1n) is 6.32. The Morgan fingerprint density at radius 2 is 2.14 bits per heavy atom. The number of nitrogens with zero attached hydrogens (tertiary/aromatic N) is 2. The molecule has 9 nitrogen and oxygen atoms in total. The molecule has 1 fully saturated rings. The molecular weight excluding hydrogens is 294 g/mol. The number of methoxy groups -OCH3 is 1. The molecule has 2 rings (SSSR count). The number of esters is 1. The maximum Gasteiger partial charge on any atom is 0.340 e. The smallest absolute Gasteiger partial charge is 0.340 e. The van der Waals surface area contributed by atoms with E-state index >= 15 is 0 Å². The Balaban J connectivity index is 2.57. The number of primary amides is 1. The lowest BCUT2D eigenvalue weighted by Gasteiger charge is -2.19. The largest absolute Gasteiger partial charge is 0.465 e. The first-order valence-corrected chi connectivity index (χ1v) is 6.32. The van der Waals surface area contributed by atoms with Gasteiger partial charge in [0, 0.05) is 19.0 Å². The quantitative estimate of drug-likeness (QED) is 0.480. The highest BCUT2D eigenvalue weighted by molar-refractivity contribution is 6.07. The van der Waals surface area contributed by atoms with Gasteiger partial charge in [-0.2, -0.15) is 0 Å². The minimum Gasteiger partial charge on any atom is -0.465 e. The topological polar surface area (TPSA) is 133 Å². The summed E-state index contributed by atoms with van der Waals surface area (Å²) in [5.74, 6) is -2.75. The normalized spacial score (nSPS) is 17.4. The Hall–Kier alpha value is -2.97. The van der Waals surface area contributed by atoms with Gasteiger partial charge in [0.05, 0.1) is 23.5 Å². The number of nitro groups is 1. The van der Waals surface area contributed by atoms with Crippen LogP contribution in [0.2, 0.25) is 0 Å². The third-order valence-electron chi connectivity index (χ3n) is 3.41.